The maximum Gasteiger partial charge on any atom is 0.293 e. The van der Waals surface area contributed by atoms with E-state index in [-0.39, 0.29) is 17.0 Å². The minimum Gasteiger partial charge on any atom is -0.493 e. The number of hydrogen-bond acceptors (Lipinski definition) is 5. The molecule has 0 bridgehead atoms. The van der Waals surface area contributed by atoms with Gasteiger partial charge in [0.15, 0.2) is 11.5 Å². The Hall–Kier alpha value is -3.36. The zero-order chi connectivity index (χ0) is 25.7. The van der Waals surface area contributed by atoms with Crippen molar-refractivity contribution < 1.29 is 23.5 Å². The molecule has 0 aromatic heterocycles. The number of rotatable bonds is 9. The van der Waals surface area contributed by atoms with Crippen LogP contribution in [0.4, 0.5) is 9.18 Å². The lowest BCUT2D eigenvalue weighted by Crippen LogP contribution is -2.27. The summed E-state index contributed by atoms with van der Waals surface area (Å²) in [6.45, 7) is 4.06. The summed E-state index contributed by atoms with van der Waals surface area (Å²) >= 11 is 4.25. The van der Waals surface area contributed by atoms with Crippen LogP contribution in [0.2, 0.25) is 0 Å². The normalized spacial score (nSPS) is 14.4. The number of amides is 2. The number of imide groups is 1. The number of carbonyl (C=O) groups is 2. The third-order valence-corrected chi connectivity index (χ3v) is 6.93. The predicted octanol–water partition coefficient (Wildman–Crippen LogP) is 7.14. The molecule has 0 spiro atoms. The smallest absolute Gasteiger partial charge is 0.293 e. The summed E-state index contributed by atoms with van der Waals surface area (Å²) in [7, 11) is 1.55. The number of thioether (sulfide) groups is 1. The van der Waals surface area contributed by atoms with Gasteiger partial charge in [0.05, 0.1) is 18.6 Å². The lowest BCUT2D eigenvalue weighted by molar-refractivity contribution is -0.123. The van der Waals surface area contributed by atoms with Gasteiger partial charge in [0, 0.05) is 15.6 Å². The molecule has 3 aromatic rings. The summed E-state index contributed by atoms with van der Waals surface area (Å²) in [5, 5.41) is -0.442. The highest BCUT2D eigenvalue weighted by Gasteiger charge is 2.35. The third-order valence-electron chi connectivity index (χ3n) is 5.49. The van der Waals surface area contributed by atoms with Gasteiger partial charge in [0.2, 0.25) is 0 Å². The van der Waals surface area contributed by atoms with Gasteiger partial charge in [0.1, 0.15) is 12.4 Å². The lowest BCUT2D eigenvalue weighted by Gasteiger charge is -2.16. The number of methoxy groups -OCH3 is 1. The summed E-state index contributed by atoms with van der Waals surface area (Å²) in [6, 6.07) is 17.6. The van der Waals surface area contributed by atoms with Gasteiger partial charge in [-0.1, -0.05) is 52.3 Å². The average molecular weight is 568 g/mol. The quantitative estimate of drug-likeness (QED) is 0.203. The Morgan fingerprint density at radius 1 is 1.08 bits per heavy atom. The second kappa shape index (κ2) is 11.6. The maximum atomic E-state index is 14.1. The fourth-order valence-electron chi connectivity index (χ4n) is 3.71. The Kier molecular flexibility index (Phi) is 8.28. The van der Waals surface area contributed by atoms with Crippen molar-refractivity contribution in [3.05, 3.63) is 111 Å². The minimum absolute atomic E-state index is 0.122. The molecule has 4 rings (SSSR count). The molecule has 5 nitrogen and oxygen atoms in total. The lowest BCUT2D eigenvalue weighted by atomic mass is 10.0. The number of hydrogen-bond donors (Lipinski definition) is 0. The summed E-state index contributed by atoms with van der Waals surface area (Å²) in [4.78, 5) is 26.8. The molecule has 1 heterocycles. The zero-order valence-corrected chi connectivity index (χ0v) is 21.9. The molecule has 0 atom stereocenters. The van der Waals surface area contributed by atoms with Crippen molar-refractivity contribution in [2.45, 2.75) is 19.6 Å². The molecule has 3 aromatic carbocycles. The largest absolute Gasteiger partial charge is 0.493 e. The first-order valence-corrected chi connectivity index (χ1v) is 12.7. The maximum absolute atomic E-state index is 14.1. The van der Waals surface area contributed by atoms with E-state index in [1.807, 2.05) is 30.3 Å². The molecule has 0 aliphatic carbocycles. The van der Waals surface area contributed by atoms with Gasteiger partial charge in [-0.15, -0.1) is 6.58 Å². The Labute approximate surface area is 221 Å². The first-order valence-electron chi connectivity index (χ1n) is 11.1. The van der Waals surface area contributed by atoms with Gasteiger partial charge < -0.3 is 9.47 Å². The highest BCUT2D eigenvalue weighted by molar-refractivity contribution is 9.10. The van der Waals surface area contributed by atoms with Crippen molar-refractivity contribution in [1.29, 1.82) is 0 Å². The number of benzene rings is 3. The fraction of sp³-hybridized carbons (Fsp3) is 0.143. The molecule has 0 N–H and O–H groups in total. The van der Waals surface area contributed by atoms with Crippen molar-refractivity contribution in [3.8, 4) is 11.5 Å². The van der Waals surface area contributed by atoms with Crippen molar-refractivity contribution in [2.75, 3.05) is 7.11 Å². The zero-order valence-electron chi connectivity index (χ0n) is 19.5. The molecule has 1 aliphatic rings. The van der Waals surface area contributed by atoms with Crippen LogP contribution in [0.15, 0.2) is 82.7 Å². The van der Waals surface area contributed by atoms with Gasteiger partial charge in [0.25, 0.3) is 11.1 Å². The monoisotopic (exact) mass is 567 g/mol. The van der Waals surface area contributed by atoms with Crippen molar-refractivity contribution in [1.82, 2.24) is 4.90 Å². The molecule has 1 saturated heterocycles. The summed E-state index contributed by atoms with van der Waals surface area (Å²) < 4.78 is 26.8. The summed E-state index contributed by atoms with van der Waals surface area (Å²) in [5.74, 6) is 0.166. The van der Waals surface area contributed by atoms with Gasteiger partial charge in [-0.2, -0.15) is 0 Å². The summed E-state index contributed by atoms with van der Waals surface area (Å²) in [6.07, 6.45) is 3.91. The predicted molar refractivity (Wildman–Crippen MR) is 143 cm³/mol. The van der Waals surface area contributed by atoms with Crippen LogP contribution >= 0.6 is 27.7 Å². The standard InChI is InChI=1S/C28H23BrFNO4S/c1-3-6-20-13-19(14-24(34-2)26(20)35-17-18-9-11-22(29)12-10-18)15-25-27(32)31(28(33)36-25)16-21-7-4-5-8-23(21)30/h3-5,7-15H,1,6,16-17H2,2H3/b25-15-. The van der Waals surface area contributed by atoms with E-state index in [2.05, 4.69) is 22.5 Å². The molecule has 184 valence electrons. The van der Waals surface area contributed by atoms with Crippen LogP contribution in [0.25, 0.3) is 6.08 Å². The molecule has 0 unspecified atom stereocenters. The van der Waals surface area contributed by atoms with Gasteiger partial charge in [-0.25, -0.2) is 4.39 Å². The molecule has 2 amide bonds. The van der Waals surface area contributed by atoms with Crippen LogP contribution in [0, 0.1) is 5.82 Å². The van der Waals surface area contributed by atoms with Crippen LogP contribution < -0.4 is 9.47 Å². The van der Waals surface area contributed by atoms with Crippen molar-refractivity contribution >= 4 is 44.9 Å². The van der Waals surface area contributed by atoms with E-state index < -0.39 is 17.0 Å². The number of ether oxygens (including phenoxy) is 2. The van der Waals surface area contributed by atoms with E-state index in [9.17, 15) is 14.0 Å². The first kappa shape index (κ1) is 25.7. The van der Waals surface area contributed by atoms with Gasteiger partial charge in [-0.05, 0) is 65.7 Å². The van der Waals surface area contributed by atoms with Crippen molar-refractivity contribution in [3.63, 3.8) is 0 Å². The van der Waals surface area contributed by atoms with E-state index in [0.29, 0.717) is 30.1 Å². The van der Waals surface area contributed by atoms with Crippen LogP contribution in [0.5, 0.6) is 11.5 Å². The van der Waals surface area contributed by atoms with E-state index in [1.54, 1.807) is 43.5 Å². The Morgan fingerprint density at radius 3 is 2.53 bits per heavy atom. The molecule has 0 radical (unpaired) electrons. The summed E-state index contributed by atoms with van der Waals surface area (Å²) in [5.41, 5.74) is 2.79. The minimum atomic E-state index is -0.465. The van der Waals surface area contributed by atoms with Crippen LogP contribution in [-0.4, -0.2) is 23.2 Å². The molecule has 8 heteroatoms. The fourth-order valence-corrected chi connectivity index (χ4v) is 4.81. The molecule has 1 aliphatic heterocycles. The van der Waals surface area contributed by atoms with E-state index in [1.165, 1.54) is 6.07 Å². The van der Waals surface area contributed by atoms with E-state index in [0.717, 1.165) is 32.3 Å². The second-order valence-corrected chi connectivity index (χ2v) is 9.89. The molecular formula is C28H23BrFNO4S. The average Bonchev–Trinajstić information content (AvgIpc) is 3.12. The van der Waals surface area contributed by atoms with Crippen molar-refractivity contribution in [2.24, 2.45) is 0 Å². The van der Waals surface area contributed by atoms with Gasteiger partial charge >= 0.3 is 0 Å². The number of halogens is 2. The SMILES string of the molecule is C=CCc1cc(/C=C2\SC(=O)N(Cc3ccccc3F)C2=O)cc(OC)c1OCc1ccc(Br)cc1. The number of allylic oxidation sites excluding steroid dienone is 1. The highest BCUT2D eigenvalue weighted by Crippen LogP contribution is 2.38. The van der Waals surface area contributed by atoms with Crippen LogP contribution in [0.3, 0.4) is 0 Å². The van der Waals surface area contributed by atoms with Crippen LogP contribution in [-0.2, 0) is 24.4 Å². The topological polar surface area (TPSA) is 55.8 Å². The highest BCUT2D eigenvalue weighted by atomic mass is 79.9. The number of carbonyl (C=O) groups excluding carboxylic acids is 2. The van der Waals surface area contributed by atoms with Gasteiger partial charge in [-0.3, -0.25) is 14.5 Å². The molecule has 1 fully saturated rings. The van der Waals surface area contributed by atoms with E-state index in [4.69, 9.17) is 9.47 Å². The second-order valence-electron chi connectivity index (χ2n) is 7.98. The Balaban J connectivity index is 1.59. The van der Waals surface area contributed by atoms with Crippen LogP contribution in [0.1, 0.15) is 22.3 Å². The third kappa shape index (κ3) is 5.88. The Morgan fingerprint density at radius 2 is 1.83 bits per heavy atom. The first-order chi connectivity index (χ1) is 17.4. The molecule has 0 saturated carbocycles. The van der Waals surface area contributed by atoms with E-state index >= 15 is 0 Å². The molecular weight excluding hydrogens is 545 g/mol. The number of nitrogens with zero attached hydrogens (tertiary/aromatic N) is 1. The molecule has 36 heavy (non-hydrogen) atoms. The Bertz CT molecular complexity index is 1340.